The van der Waals surface area contributed by atoms with E-state index in [1.165, 1.54) is 10.5 Å². The smallest absolute Gasteiger partial charge is 0.244 e. The minimum Gasteiger partial charge on any atom is -0.363 e. The summed E-state index contributed by atoms with van der Waals surface area (Å²) in [4.78, 5) is 3.06. The molecule has 108 valence electrons. The van der Waals surface area contributed by atoms with Crippen molar-refractivity contribution < 1.29 is 16.8 Å². The molecule has 1 saturated heterocycles. The van der Waals surface area contributed by atoms with Gasteiger partial charge in [-0.3, -0.25) is 0 Å². The number of sulfone groups is 1. The fourth-order valence-electron chi connectivity index (χ4n) is 1.95. The zero-order valence-corrected chi connectivity index (χ0v) is 12.2. The monoisotopic (exact) mass is 307 g/mol. The van der Waals surface area contributed by atoms with E-state index in [2.05, 4.69) is 10.3 Å². The lowest BCUT2D eigenvalue weighted by Gasteiger charge is -2.25. The second-order valence-electron chi connectivity index (χ2n) is 4.45. The average Bonchev–Trinajstić information content (AvgIpc) is 2.78. The molecule has 0 atom stereocenters. The topological polar surface area (TPSA) is 99.3 Å². The predicted octanol–water partition coefficient (Wildman–Crippen LogP) is -0.847. The summed E-state index contributed by atoms with van der Waals surface area (Å²) < 4.78 is 48.5. The van der Waals surface area contributed by atoms with E-state index < -0.39 is 19.9 Å². The summed E-state index contributed by atoms with van der Waals surface area (Å²) in [6, 6.07) is 1.56. The van der Waals surface area contributed by atoms with Gasteiger partial charge in [0.05, 0.1) is 16.4 Å². The number of H-pyrrole nitrogens is 1. The maximum absolute atomic E-state index is 12.3. The second kappa shape index (κ2) is 5.23. The Kier molecular flexibility index (Phi) is 4.00. The van der Waals surface area contributed by atoms with Gasteiger partial charge >= 0.3 is 0 Å². The highest BCUT2D eigenvalue weighted by Crippen LogP contribution is 2.19. The Bertz CT molecular complexity index is 634. The number of rotatable bonds is 4. The van der Waals surface area contributed by atoms with Gasteiger partial charge in [0.15, 0.2) is 9.84 Å². The molecule has 2 N–H and O–H groups in total. The van der Waals surface area contributed by atoms with E-state index in [0.29, 0.717) is 6.54 Å². The molecule has 0 spiro atoms. The van der Waals surface area contributed by atoms with Gasteiger partial charge in [-0.05, 0) is 13.1 Å². The number of hydrogen-bond acceptors (Lipinski definition) is 5. The van der Waals surface area contributed by atoms with Crippen LogP contribution < -0.4 is 5.32 Å². The van der Waals surface area contributed by atoms with Crippen LogP contribution in [0.3, 0.4) is 0 Å². The van der Waals surface area contributed by atoms with E-state index in [4.69, 9.17) is 0 Å². The van der Waals surface area contributed by atoms with Crippen molar-refractivity contribution in [2.24, 2.45) is 0 Å². The Morgan fingerprint density at radius 3 is 2.58 bits per heavy atom. The molecule has 0 bridgehead atoms. The fourth-order valence-corrected chi connectivity index (χ4v) is 4.84. The zero-order valence-electron chi connectivity index (χ0n) is 10.6. The van der Waals surface area contributed by atoms with E-state index in [1.807, 2.05) is 0 Å². The lowest BCUT2D eigenvalue weighted by atomic mass is 10.4. The van der Waals surface area contributed by atoms with Crippen molar-refractivity contribution in [2.45, 2.75) is 11.4 Å². The molecule has 0 saturated carbocycles. The molecule has 1 aromatic rings. The maximum atomic E-state index is 12.3. The van der Waals surface area contributed by atoms with Gasteiger partial charge in [-0.2, -0.15) is 4.31 Å². The summed E-state index contributed by atoms with van der Waals surface area (Å²) in [5.74, 6) is -0.222. The Morgan fingerprint density at radius 2 is 2.00 bits per heavy atom. The van der Waals surface area contributed by atoms with Crippen LogP contribution in [0.1, 0.15) is 5.69 Å². The third-order valence-corrected chi connectivity index (χ3v) is 6.51. The molecule has 0 unspecified atom stereocenters. The van der Waals surface area contributed by atoms with Crippen molar-refractivity contribution in [3.63, 3.8) is 0 Å². The van der Waals surface area contributed by atoms with Crippen LogP contribution in [0.2, 0.25) is 0 Å². The van der Waals surface area contributed by atoms with Crippen LogP contribution in [-0.2, 0) is 26.4 Å². The van der Waals surface area contributed by atoms with Gasteiger partial charge in [-0.25, -0.2) is 16.8 Å². The van der Waals surface area contributed by atoms with Crippen LogP contribution >= 0.6 is 0 Å². The predicted molar refractivity (Wildman–Crippen MR) is 71.0 cm³/mol. The quantitative estimate of drug-likeness (QED) is 0.755. The number of nitrogens with zero attached hydrogens (tertiary/aromatic N) is 1. The zero-order chi connectivity index (χ0) is 14.1. The van der Waals surface area contributed by atoms with E-state index in [9.17, 15) is 16.8 Å². The summed E-state index contributed by atoms with van der Waals surface area (Å²) in [5, 5.41) is 2.92. The molecule has 0 amide bonds. The summed E-state index contributed by atoms with van der Waals surface area (Å²) >= 11 is 0. The summed E-state index contributed by atoms with van der Waals surface area (Å²) in [5.41, 5.74) is 0.769. The molecule has 0 aliphatic carbocycles. The van der Waals surface area contributed by atoms with Gasteiger partial charge in [-0.15, -0.1) is 0 Å². The number of nitrogens with one attached hydrogen (secondary N) is 2. The molecule has 0 aromatic carbocycles. The van der Waals surface area contributed by atoms with E-state index in [-0.39, 0.29) is 29.5 Å². The molecule has 0 radical (unpaired) electrons. The van der Waals surface area contributed by atoms with Gasteiger partial charge in [0.1, 0.15) is 0 Å². The maximum Gasteiger partial charge on any atom is 0.244 e. The molecule has 2 rings (SSSR count). The highest BCUT2D eigenvalue weighted by Gasteiger charge is 2.31. The van der Waals surface area contributed by atoms with Gasteiger partial charge in [0.25, 0.3) is 0 Å². The molecule has 1 fully saturated rings. The van der Waals surface area contributed by atoms with Crippen LogP contribution in [0.4, 0.5) is 0 Å². The van der Waals surface area contributed by atoms with E-state index in [0.717, 1.165) is 5.69 Å². The van der Waals surface area contributed by atoms with Crippen molar-refractivity contribution in [1.82, 2.24) is 14.6 Å². The summed E-state index contributed by atoms with van der Waals surface area (Å²) in [6.45, 7) is 0.596. The molecule has 2 heterocycles. The first-order chi connectivity index (χ1) is 8.85. The molecule has 19 heavy (non-hydrogen) atoms. The highest BCUT2D eigenvalue weighted by atomic mass is 32.2. The average molecular weight is 307 g/mol. The molecule has 9 heteroatoms. The van der Waals surface area contributed by atoms with Crippen molar-refractivity contribution in [2.75, 3.05) is 31.6 Å². The summed E-state index contributed by atoms with van der Waals surface area (Å²) in [6.07, 6.45) is 1.44. The van der Waals surface area contributed by atoms with Crippen LogP contribution in [-0.4, -0.2) is 57.8 Å². The lowest BCUT2D eigenvalue weighted by molar-refractivity contribution is 0.431. The third-order valence-electron chi connectivity index (χ3n) is 3.02. The SMILES string of the molecule is CNCc1cc(S(=O)(=O)N2CCS(=O)(=O)CC2)c[nH]1. The van der Waals surface area contributed by atoms with Crippen molar-refractivity contribution in [3.05, 3.63) is 18.0 Å². The van der Waals surface area contributed by atoms with Gasteiger partial charge in [0, 0.05) is 31.5 Å². The van der Waals surface area contributed by atoms with Gasteiger partial charge in [-0.1, -0.05) is 0 Å². The Hall–Kier alpha value is -0.900. The Balaban J connectivity index is 2.18. The molecular weight excluding hydrogens is 290 g/mol. The fraction of sp³-hybridized carbons (Fsp3) is 0.600. The number of hydrogen-bond donors (Lipinski definition) is 2. The standard InChI is InChI=1S/C10H17N3O4S2/c1-11-7-9-6-10(8-12-9)19(16,17)13-2-4-18(14,15)5-3-13/h6,8,11-12H,2-5,7H2,1H3. The third kappa shape index (κ3) is 3.16. The minimum atomic E-state index is -3.60. The second-order valence-corrected chi connectivity index (χ2v) is 8.69. The van der Waals surface area contributed by atoms with Gasteiger partial charge in [0.2, 0.25) is 10.0 Å². The molecule has 1 aliphatic rings. The number of aromatic nitrogens is 1. The normalized spacial score (nSPS) is 20.5. The lowest BCUT2D eigenvalue weighted by Crippen LogP contribution is -2.43. The van der Waals surface area contributed by atoms with Crippen LogP contribution in [0, 0.1) is 0 Å². The number of sulfonamides is 1. The van der Waals surface area contributed by atoms with E-state index in [1.54, 1.807) is 13.1 Å². The van der Waals surface area contributed by atoms with Crippen molar-refractivity contribution in [1.29, 1.82) is 0 Å². The van der Waals surface area contributed by atoms with Crippen molar-refractivity contribution >= 4 is 19.9 Å². The first-order valence-electron chi connectivity index (χ1n) is 5.87. The summed E-state index contributed by atoms with van der Waals surface area (Å²) in [7, 11) is -4.92. The highest BCUT2D eigenvalue weighted by molar-refractivity contribution is 7.92. The van der Waals surface area contributed by atoms with E-state index >= 15 is 0 Å². The minimum absolute atomic E-state index is 0.0250. The molecule has 7 nitrogen and oxygen atoms in total. The largest absolute Gasteiger partial charge is 0.363 e. The molecular formula is C10H17N3O4S2. The molecule has 1 aliphatic heterocycles. The Labute approximate surface area is 113 Å². The molecule has 1 aromatic heterocycles. The van der Waals surface area contributed by atoms with Crippen LogP contribution in [0.5, 0.6) is 0 Å². The first kappa shape index (κ1) is 14.5. The van der Waals surface area contributed by atoms with Crippen LogP contribution in [0.15, 0.2) is 17.2 Å². The Morgan fingerprint density at radius 1 is 1.37 bits per heavy atom. The number of aromatic amines is 1. The van der Waals surface area contributed by atoms with Crippen molar-refractivity contribution in [3.8, 4) is 0 Å². The van der Waals surface area contributed by atoms with Gasteiger partial charge < -0.3 is 10.3 Å². The first-order valence-corrected chi connectivity index (χ1v) is 9.14. The van der Waals surface area contributed by atoms with Crippen LogP contribution in [0.25, 0.3) is 0 Å².